The average Bonchev–Trinajstić information content (AvgIpc) is 3.01. The van der Waals surface area contributed by atoms with Gasteiger partial charge in [-0.2, -0.15) is 0 Å². The number of hydrogen-bond acceptors (Lipinski definition) is 3. The summed E-state index contributed by atoms with van der Waals surface area (Å²) in [6, 6.07) is 1.81. The Morgan fingerprint density at radius 2 is 1.95 bits per heavy atom. The number of aryl methyl sites for hydroxylation is 2. The molecule has 1 aromatic rings. The van der Waals surface area contributed by atoms with Crippen LogP contribution in [0.4, 0.5) is 0 Å². The van der Waals surface area contributed by atoms with E-state index in [9.17, 15) is 14.7 Å². The highest BCUT2D eigenvalue weighted by Crippen LogP contribution is 2.30. The Morgan fingerprint density at radius 3 is 2.76 bits per heavy atom. The minimum Gasteiger partial charge on any atom is -0.481 e. The van der Waals surface area contributed by atoms with Gasteiger partial charge < -0.3 is 10.4 Å². The molecule has 0 radical (unpaired) electrons. The number of carboxylic acid groups (broad SMARTS) is 1. The summed E-state index contributed by atoms with van der Waals surface area (Å²) in [5.41, 5.74) is 1.32. The van der Waals surface area contributed by atoms with Crippen molar-refractivity contribution in [2.45, 2.75) is 57.4 Å². The van der Waals surface area contributed by atoms with Crippen LogP contribution >= 0.6 is 11.3 Å². The highest BCUT2D eigenvalue weighted by atomic mass is 32.1. The van der Waals surface area contributed by atoms with Gasteiger partial charge in [0.2, 0.25) is 0 Å². The molecular formula is C16H21NO3S. The van der Waals surface area contributed by atoms with Gasteiger partial charge in [0.1, 0.15) is 0 Å². The Bertz CT molecular complexity index is 528. The number of carbonyl (C=O) groups is 2. The maximum atomic E-state index is 12.4. The Labute approximate surface area is 128 Å². The van der Waals surface area contributed by atoms with Gasteiger partial charge in [0.15, 0.2) is 0 Å². The van der Waals surface area contributed by atoms with Crippen molar-refractivity contribution in [3.05, 3.63) is 21.4 Å². The molecule has 3 rings (SSSR count). The second-order valence-corrected chi connectivity index (χ2v) is 7.21. The minimum atomic E-state index is -0.792. The molecule has 1 fully saturated rings. The lowest BCUT2D eigenvalue weighted by Crippen LogP contribution is -2.39. The van der Waals surface area contributed by atoms with Gasteiger partial charge in [-0.1, -0.05) is 12.8 Å². The second-order valence-electron chi connectivity index (χ2n) is 6.08. The first-order valence-electron chi connectivity index (χ1n) is 7.80. The predicted molar refractivity (Wildman–Crippen MR) is 81.8 cm³/mol. The second kappa shape index (κ2) is 6.18. The maximum absolute atomic E-state index is 12.4. The monoisotopic (exact) mass is 307 g/mol. The molecule has 2 N–H and O–H groups in total. The number of thiophene rings is 1. The van der Waals surface area contributed by atoms with Gasteiger partial charge in [-0.25, -0.2) is 0 Å². The van der Waals surface area contributed by atoms with E-state index in [4.69, 9.17) is 0 Å². The van der Waals surface area contributed by atoms with Gasteiger partial charge in [0.05, 0.1) is 10.8 Å². The van der Waals surface area contributed by atoms with Crippen LogP contribution in [0, 0.1) is 5.92 Å². The molecule has 1 amide bonds. The minimum absolute atomic E-state index is 0.0915. The molecule has 1 saturated carbocycles. The molecule has 21 heavy (non-hydrogen) atoms. The number of nitrogens with one attached hydrogen (secondary N) is 1. The number of hydrogen-bond donors (Lipinski definition) is 2. The fraction of sp³-hybridized carbons (Fsp3) is 0.625. The number of carbonyl (C=O) groups excluding carboxylic acids is 1. The SMILES string of the molecule is O=C(NC1CCCC1C(=O)O)c1cc2c(s1)CCCCC2. The van der Waals surface area contributed by atoms with Crippen LogP contribution in [-0.4, -0.2) is 23.0 Å². The molecule has 5 heteroatoms. The molecule has 2 atom stereocenters. The standard InChI is InChI=1S/C16H21NO3S/c18-15(17-12-7-4-6-11(12)16(19)20)14-9-10-5-2-1-3-8-13(10)21-14/h9,11-12H,1-8H2,(H,17,18)(H,19,20). The lowest BCUT2D eigenvalue weighted by Gasteiger charge is -2.16. The van der Waals surface area contributed by atoms with Gasteiger partial charge in [0, 0.05) is 10.9 Å². The van der Waals surface area contributed by atoms with E-state index in [1.165, 1.54) is 29.7 Å². The summed E-state index contributed by atoms with van der Waals surface area (Å²) in [7, 11) is 0. The number of rotatable bonds is 3. The van der Waals surface area contributed by atoms with Crippen LogP contribution in [0.2, 0.25) is 0 Å². The summed E-state index contributed by atoms with van der Waals surface area (Å²) in [6.45, 7) is 0. The fourth-order valence-electron chi connectivity index (χ4n) is 3.45. The molecule has 0 aliphatic heterocycles. The molecule has 0 spiro atoms. The van der Waals surface area contributed by atoms with E-state index < -0.39 is 11.9 Å². The first-order valence-corrected chi connectivity index (χ1v) is 8.62. The maximum Gasteiger partial charge on any atom is 0.308 e. The van der Waals surface area contributed by atoms with Gasteiger partial charge in [-0.05, 0) is 50.2 Å². The summed E-state index contributed by atoms with van der Waals surface area (Å²) in [5, 5.41) is 12.1. The lowest BCUT2D eigenvalue weighted by molar-refractivity contribution is -0.142. The van der Waals surface area contributed by atoms with Crippen LogP contribution in [0.5, 0.6) is 0 Å². The van der Waals surface area contributed by atoms with Crippen molar-refractivity contribution in [1.29, 1.82) is 0 Å². The third-order valence-corrected chi connectivity index (χ3v) is 5.86. The zero-order valence-electron chi connectivity index (χ0n) is 12.1. The smallest absolute Gasteiger partial charge is 0.308 e. The molecule has 2 unspecified atom stereocenters. The van der Waals surface area contributed by atoms with Crippen molar-refractivity contribution in [3.63, 3.8) is 0 Å². The third-order valence-electron chi connectivity index (χ3n) is 4.62. The summed E-state index contributed by atoms with van der Waals surface area (Å²) in [5.74, 6) is -1.31. The summed E-state index contributed by atoms with van der Waals surface area (Å²) < 4.78 is 0. The highest BCUT2D eigenvalue weighted by Gasteiger charge is 2.34. The predicted octanol–water partition coefficient (Wildman–Crippen LogP) is 3.00. The van der Waals surface area contributed by atoms with E-state index in [1.807, 2.05) is 6.07 Å². The normalized spacial score (nSPS) is 25.1. The molecule has 0 bridgehead atoms. The Balaban J connectivity index is 1.69. The number of fused-ring (bicyclic) bond motifs is 1. The zero-order valence-corrected chi connectivity index (χ0v) is 12.9. The number of carboxylic acids is 1. The van der Waals surface area contributed by atoms with Gasteiger partial charge in [-0.3, -0.25) is 9.59 Å². The van der Waals surface area contributed by atoms with Crippen molar-refractivity contribution in [2.24, 2.45) is 5.92 Å². The van der Waals surface area contributed by atoms with E-state index in [-0.39, 0.29) is 11.9 Å². The highest BCUT2D eigenvalue weighted by molar-refractivity contribution is 7.14. The molecule has 1 heterocycles. The summed E-state index contributed by atoms with van der Waals surface area (Å²) in [6.07, 6.45) is 8.14. The topological polar surface area (TPSA) is 66.4 Å². The van der Waals surface area contributed by atoms with E-state index in [1.54, 1.807) is 11.3 Å². The largest absolute Gasteiger partial charge is 0.481 e. The molecule has 2 aliphatic rings. The van der Waals surface area contributed by atoms with Crippen LogP contribution in [0.3, 0.4) is 0 Å². The summed E-state index contributed by atoms with van der Waals surface area (Å²) >= 11 is 1.59. The Morgan fingerprint density at radius 1 is 1.14 bits per heavy atom. The van der Waals surface area contributed by atoms with E-state index in [0.29, 0.717) is 6.42 Å². The van der Waals surface area contributed by atoms with Crippen LogP contribution in [0.1, 0.15) is 58.6 Å². The molecule has 0 saturated heterocycles. The van der Waals surface area contributed by atoms with E-state index in [2.05, 4.69) is 5.32 Å². The first kappa shape index (κ1) is 14.6. The van der Waals surface area contributed by atoms with Crippen LogP contribution in [-0.2, 0) is 17.6 Å². The van der Waals surface area contributed by atoms with Crippen molar-refractivity contribution in [3.8, 4) is 0 Å². The number of amides is 1. The van der Waals surface area contributed by atoms with E-state index >= 15 is 0 Å². The third kappa shape index (κ3) is 3.12. The molecular weight excluding hydrogens is 286 g/mol. The van der Waals surface area contributed by atoms with Gasteiger partial charge in [0.25, 0.3) is 5.91 Å². The average molecular weight is 307 g/mol. The van der Waals surface area contributed by atoms with Crippen molar-refractivity contribution in [2.75, 3.05) is 0 Å². The molecule has 1 aromatic heterocycles. The van der Waals surface area contributed by atoms with E-state index in [0.717, 1.165) is 30.6 Å². The van der Waals surface area contributed by atoms with Crippen LogP contribution in [0.15, 0.2) is 6.07 Å². The fourth-order valence-corrected chi connectivity index (χ4v) is 4.60. The molecule has 4 nitrogen and oxygen atoms in total. The Kier molecular flexibility index (Phi) is 4.29. The number of aliphatic carboxylic acids is 1. The lowest BCUT2D eigenvalue weighted by atomic mass is 10.0. The van der Waals surface area contributed by atoms with Crippen molar-refractivity contribution >= 4 is 23.2 Å². The Hall–Kier alpha value is -1.36. The zero-order chi connectivity index (χ0) is 14.8. The van der Waals surface area contributed by atoms with Crippen molar-refractivity contribution in [1.82, 2.24) is 5.32 Å². The quantitative estimate of drug-likeness (QED) is 0.844. The van der Waals surface area contributed by atoms with Gasteiger partial charge in [-0.15, -0.1) is 11.3 Å². The van der Waals surface area contributed by atoms with Crippen LogP contribution in [0.25, 0.3) is 0 Å². The molecule has 0 aromatic carbocycles. The van der Waals surface area contributed by atoms with Gasteiger partial charge >= 0.3 is 5.97 Å². The van der Waals surface area contributed by atoms with Crippen LogP contribution < -0.4 is 5.32 Å². The summed E-state index contributed by atoms with van der Waals surface area (Å²) in [4.78, 5) is 25.7. The first-order chi connectivity index (χ1) is 10.1. The molecule has 114 valence electrons. The van der Waals surface area contributed by atoms with Crippen molar-refractivity contribution < 1.29 is 14.7 Å². The molecule has 2 aliphatic carbocycles.